The molecule has 2 fully saturated rings. The van der Waals surface area contributed by atoms with Gasteiger partial charge in [0.05, 0.1) is 24.2 Å². The molecule has 0 aliphatic carbocycles. The minimum atomic E-state index is -0.161. The Kier molecular flexibility index (Phi) is 8.36. The molecule has 0 spiro atoms. The van der Waals surface area contributed by atoms with E-state index < -0.39 is 0 Å². The smallest absolute Gasteiger partial charge is 0.323 e. The maximum absolute atomic E-state index is 12.2. The lowest BCUT2D eigenvalue weighted by Gasteiger charge is -2.29. The second-order valence-corrected chi connectivity index (χ2v) is 10.2. The van der Waals surface area contributed by atoms with Crippen LogP contribution >= 0.6 is 23.2 Å². The molecule has 6 N–H and O–H groups in total. The van der Waals surface area contributed by atoms with Crippen LogP contribution in [0.4, 0.5) is 21.2 Å². The number of ether oxygens (including phenoxy) is 1. The lowest BCUT2D eigenvalue weighted by molar-refractivity contribution is 0.0564. The number of hydrogen-bond acceptors (Lipinski definition) is 6. The number of nitrogens with two attached hydrogens (primary N) is 1. The molecule has 0 unspecified atom stereocenters. The fraction of sp³-hybridized carbons (Fsp3) is 0.360. The van der Waals surface area contributed by atoms with Gasteiger partial charge >= 0.3 is 12.1 Å². The predicted octanol–water partition coefficient (Wildman–Crippen LogP) is 4.25. The molecule has 206 valence electrons. The molecule has 0 radical (unpaired) electrons. The van der Waals surface area contributed by atoms with Crippen LogP contribution in [0.15, 0.2) is 36.4 Å². The zero-order valence-corrected chi connectivity index (χ0v) is 22.6. The van der Waals surface area contributed by atoms with Gasteiger partial charge in [0, 0.05) is 53.0 Å². The van der Waals surface area contributed by atoms with Gasteiger partial charge in [-0.05, 0) is 49.2 Å². The van der Waals surface area contributed by atoms with Crippen molar-refractivity contribution in [1.82, 2.24) is 30.2 Å². The van der Waals surface area contributed by atoms with Crippen molar-refractivity contribution in [2.24, 2.45) is 5.73 Å². The van der Waals surface area contributed by atoms with E-state index in [1.807, 2.05) is 12.1 Å². The molecule has 0 atom stereocenters. The van der Waals surface area contributed by atoms with E-state index >= 15 is 0 Å². The Hall–Kier alpha value is -3.58. The Balaban J connectivity index is 0.000000158. The Morgan fingerprint density at radius 3 is 1.77 bits per heavy atom. The van der Waals surface area contributed by atoms with E-state index in [0.717, 1.165) is 34.6 Å². The first kappa shape index (κ1) is 27.0. The van der Waals surface area contributed by atoms with Gasteiger partial charge in [-0.25, -0.2) is 9.59 Å². The normalized spacial score (nSPS) is 16.2. The van der Waals surface area contributed by atoms with Gasteiger partial charge in [0.2, 0.25) is 0 Å². The number of anilines is 2. The number of amides is 4. The van der Waals surface area contributed by atoms with Gasteiger partial charge < -0.3 is 20.3 Å². The first-order valence-corrected chi connectivity index (χ1v) is 13.4. The zero-order chi connectivity index (χ0) is 27.4. The summed E-state index contributed by atoms with van der Waals surface area (Å²) in [5, 5.41) is 22.5. The van der Waals surface area contributed by atoms with Crippen LogP contribution in [0.3, 0.4) is 0 Å². The minimum absolute atomic E-state index is 0.139. The second kappa shape index (κ2) is 12.1. The highest BCUT2D eigenvalue weighted by atomic mass is 35.5. The molecular formula is C25H29Cl2N9O3. The van der Waals surface area contributed by atoms with Crippen LogP contribution in [-0.2, 0) is 4.74 Å². The van der Waals surface area contributed by atoms with Crippen molar-refractivity contribution in [3.63, 3.8) is 0 Å². The Morgan fingerprint density at radius 2 is 1.28 bits per heavy atom. The number of urea groups is 2. The second-order valence-electron chi connectivity index (χ2n) is 9.31. The first-order chi connectivity index (χ1) is 18.9. The number of aromatic amines is 2. The van der Waals surface area contributed by atoms with Crippen molar-refractivity contribution < 1.29 is 14.3 Å². The zero-order valence-electron chi connectivity index (χ0n) is 21.0. The molecule has 0 bridgehead atoms. The average molecular weight is 574 g/mol. The highest BCUT2D eigenvalue weighted by molar-refractivity contribution is 6.31. The largest absolute Gasteiger partial charge is 0.378 e. The number of rotatable bonds is 2. The number of nitrogens with one attached hydrogen (secondary N) is 4. The van der Waals surface area contributed by atoms with Crippen LogP contribution in [0.5, 0.6) is 0 Å². The van der Waals surface area contributed by atoms with Crippen LogP contribution < -0.4 is 16.4 Å². The molecule has 2 aromatic heterocycles. The van der Waals surface area contributed by atoms with Gasteiger partial charge in [-0.3, -0.25) is 20.8 Å². The Labute approximate surface area is 234 Å². The third kappa shape index (κ3) is 6.53. The summed E-state index contributed by atoms with van der Waals surface area (Å²) in [5.74, 6) is 1.04. The Morgan fingerprint density at radius 1 is 0.821 bits per heavy atom. The summed E-state index contributed by atoms with van der Waals surface area (Å²) in [7, 11) is 0. The third-order valence-electron chi connectivity index (χ3n) is 6.63. The summed E-state index contributed by atoms with van der Waals surface area (Å²) in [6.07, 6.45) is 1.68. The van der Waals surface area contributed by atoms with Crippen molar-refractivity contribution in [2.75, 3.05) is 50.0 Å². The number of carbonyl (C=O) groups is 2. The molecule has 2 aliphatic rings. The number of nitrogens with zero attached hydrogens (tertiary/aromatic N) is 4. The number of H-pyrrole nitrogens is 2. The summed E-state index contributed by atoms with van der Waals surface area (Å²) in [5.41, 5.74) is 7.43. The number of halogens is 2. The SMILES string of the molecule is NC1CCN(C(=O)Nc2n[nH]c3cc(Cl)ccc23)CC1.O=C(Nc1n[nH]c2cc(Cl)ccc12)N1CCOCC1. The topological polar surface area (TPSA) is 157 Å². The average Bonchev–Trinajstić information content (AvgIpc) is 3.52. The molecule has 12 nitrogen and oxygen atoms in total. The summed E-state index contributed by atoms with van der Waals surface area (Å²) >= 11 is 11.8. The molecule has 14 heteroatoms. The van der Waals surface area contributed by atoms with E-state index in [0.29, 0.717) is 61.1 Å². The molecule has 39 heavy (non-hydrogen) atoms. The Bertz CT molecular complexity index is 1460. The van der Waals surface area contributed by atoms with Crippen LogP contribution in [0, 0.1) is 0 Å². The minimum Gasteiger partial charge on any atom is -0.378 e. The fourth-order valence-electron chi connectivity index (χ4n) is 4.40. The monoisotopic (exact) mass is 573 g/mol. The number of hydrogen-bond donors (Lipinski definition) is 5. The number of aromatic nitrogens is 4. The highest BCUT2D eigenvalue weighted by Crippen LogP contribution is 2.25. The van der Waals surface area contributed by atoms with Crippen molar-refractivity contribution in [3.05, 3.63) is 46.4 Å². The van der Waals surface area contributed by atoms with Gasteiger partial charge in [-0.1, -0.05) is 23.2 Å². The molecule has 6 rings (SSSR count). The van der Waals surface area contributed by atoms with E-state index in [1.165, 1.54) is 0 Å². The van der Waals surface area contributed by atoms with Crippen molar-refractivity contribution in [3.8, 4) is 0 Å². The summed E-state index contributed by atoms with van der Waals surface area (Å²) < 4.78 is 5.21. The van der Waals surface area contributed by atoms with E-state index in [2.05, 4.69) is 31.0 Å². The lowest BCUT2D eigenvalue weighted by Crippen LogP contribution is -2.44. The third-order valence-corrected chi connectivity index (χ3v) is 7.10. The van der Waals surface area contributed by atoms with Gasteiger partial charge in [0.1, 0.15) is 0 Å². The van der Waals surface area contributed by atoms with Gasteiger partial charge in [0.15, 0.2) is 11.6 Å². The number of benzene rings is 2. The van der Waals surface area contributed by atoms with Crippen LogP contribution in [0.1, 0.15) is 12.8 Å². The van der Waals surface area contributed by atoms with Gasteiger partial charge in [-0.15, -0.1) is 0 Å². The molecule has 2 aliphatic heterocycles. The number of fused-ring (bicyclic) bond motifs is 2. The van der Waals surface area contributed by atoms with Crippen LogP contribution in [0.25, 0.3) is 21.8 Å². The lowest BCUT2D eigenvalue weighted by atomic mass is 10.1. The predicted molar refractivity (Wildman–Crippen MR) is 151 cm³/mol. The van der Waals surface area contributed by atoms with Crippen molar-refractivity contribution >= 4 is 68.7 Å². The van der Waals surface area contributed by atoms with E-state index in [-0.39, 0.29) is 18.1 Å². The van der Waals surface area contributed by atoms with Crippen molar-refractivity contribution in [1.29, 1.82) is 0 Å². The molecule has 4 heterocycles. The maximum Gasteiger partial charge on any atom is 0.323 e. The van der Waals surface area contributed by atoms with E-state index in [9.17, 15) is 9.59 Å². The molecule has 4 amide bonds. The van der Waals surface area contributed by atoms with Crippen LogP contribution in [-0.4, -0.2) is 87.7 Å². The van der Waals surface area contributed by atoms with Gasteiger partial charge in [-0.2, -0.15) is 10.2 Å². The molecule has 2 saturated heterocycles. The molecule has 4 aromatic rings. The van der Waals surface area contributed by atoms with Crippen LogP contribution in [0.2, 0.25) is 10.0 Å². The summed E-state index contributed by atoms with van der Waals surface area (Å²) in [4.78, 5) is 27.7. The standard InChI is InChI=1S/C13H16ClN5O.C12H13ClN4O2/c14-8-1-2-10-11(7-8)17-18-12(10)16-13(20)19-5-3-9(15)4-6-19;13-8-1-2-9-10(7-8)15-16-11(9)14-12(18)17-3-5-19-6-4-17/h1-2,7,9H,3-6,15H2,(H2,16,17,18,20);1-2,7H,3-6H2,(H2,14,15,16,18). The van der Waals surface area contributed by atoms with Crippen molar-refractivity contribution in [2.45, 2.75) is 18.9 Å². The molecule has 2 aromatic carbocycles. The van der Waals surface area contributed by atoms with E-state index in [1.54, 1.807) is 34.1 Å². The summed E-state index contributed by atoms with van der Waals surface area (Å²) in [6, 6.07) is 10.7. The first-order valence-electron chi connectivity index (χ1n) is 12.6. The number of carbonyl (C=O) groups excluding carboxylic acids is 2. The fourth-order valence-corrected chi connectivity index (χ4v) is 4.75. The quantitative estimate of drug-likeness (QED) is 0.241. The molecular weight excluding hydrogens is 545 g/mol. The number of morpholine rings is 1. The highest BCUT2D eigenvalue weighted by Gasteiger charge is 2.22. The number of piperidine rings is 1. The maximum atomic E-state index is 12.2. The molecule has 0 saturated carbocycles. The summed E-state index contributed by atoms with van der Waals surface area (Å²) in [6.45, 7) is 3.71. The van der Waals surface area contributed by atoms with E-state index in [4.69, 9.17) is 33.7 Å². The van der Waals surface area contributed by atoms with Gasteiger partial charge in [0.25, 0.3) is 0 Å². The number of likely N-dealkylation sites (tertiary alicyclic amines) is 1.